The molecule has 1 aromatic carbocycles. The Morgan fingerprint density at radius 1 is 1.26 bits per heavy atom. The number of carbonyl (C=O) groups is 2. The molecule has 1 amide bonds. The first-order valence-corrected chi connectivity index (χ1v) is 11.6. The van der Waals surface area contributed by atoms with E-state index >= 15 is 0 Å². The molecule has 2 saturated heterocycles. The van der Waals surface area contributed by atoms with Gasteiger partial charge in [-0.25, -0.2) is 18.6 Å². The Bertz CT molecular complexity index is 1140. The molecule has 2 aliphatic heterocycles. The number of aromatic nitrogens is 1. The van der Waals surface area contributed by atoms with E-state index in [1.165, 1.54) is 12.3 Å². The molecule has 0 spiro atoms. The van der Waals surface area contributed by atoms with Gasteiger partial charge >= 0.3 is 6.09 Å². The van der Waals surface area contributed by atoms with E-state index < -0.39 is 35.1 Å². The molecule has 184 valence electrons. The smallest absolute Gasteiger partial charge is 0.408 e. The van der Waals surface area contributed by atoms with Gasteiger partial charge in [0.25, 0.3) is 0 Å². The zero-order valence-electron chi connectivity index (χ0n) is 19.4. The second-order valence-corrected chi connectivity index (χ2v) is 8.95. The van der Waals surface area contributed by atoms with E-state index in [2.05, 4.69) is 10.3 Å². The number of carboxylic acid groups (broad SMARTS) is 1. The van der Waals surface area contributed by atoms with Crippen molar-refractivity contribution in [3.63, 3.8) is 0 Å². The minimum atomic E-state index is -1.43. The van der Waals surface area contributed by atoms with Crippen molar-refractivity contribution in [1.29, 1.82) is 5.26 Å². The van der Waals surface area contributed by atoms with Gasteiger partial charge in [-0.1, -0.05) is 6.07 Å². The van der Waals surface area contributed by atoms with Crippen molar-refractivity contribution in [2.45, 2.75) is 31.2 Å². The van der Waals surface area contributed by atoms with Gasteiger partial charge in [0, 0.05) is 50.8 Å². The summed E-state index contributed by atoms with van der Waals surface area (Å²) in [5.74, 6) is -2.56. The first-order chi connectivity index (χ1) is 16.8. The minimum absolute atomic E-state index is 0.0803. The third-order valence-electron chi connectivity index (χ3n) is 7.19. The Hall–Kier alpha value is -3.58. The molecule has 0 radical (unpaired) electrons. The van der Waals surface area contributed by atoms with Gasteiger partial charge in [0.1, 0.15) is 17.4 Å². The molecular formula is C25H27F2N5O3. The lowest BCUT2D eigenvalue weighted by atomic mass is 9.71. The van der Waals surface area contributed by atoms with Crippen LogP contribution in [0.3, 0.4) is 0 Å². The number of hydrogen-bond donors (Lipinski definition) is 2. The van der Waals surface area contributed by atoms with E-state index in [0.717, 1.165) is 17.0 Å². The Kier molecular flexibility index (Phi) is 6.98. The highest BCUT2D eigenvalue weighted by atomic mass is 19.2. The predicted molar refractivity (Wildman–Crippen MR) is 124 cm³/mol. The van der Waals surface area contributed by atoms with Gasteiger partial charge in [0.05, 0.1) is 5.56 Å². The average molecular weight is 484 g/mol. The summed E-state index contributed by atoms with van der Waals surface area (Å²) in [7, 11) is 0. The largest absolute Gasteiger partial charge is 0.465 e. The van der Waals surface area contributed by atoms with E-state index in [0.29, 0.717) is 42.9 Å². The molecule has 0 saturated carbocycles. The second kappa shape index (κ2) is 9.96. The molecule has 8 nitrogen and oxygen atoms in total. The van der Waals surface area contributed by atoms with Gasteiger partial charge in [-0.15, -0.1) is 0 Å². The number of benzene rings is 1. The number of carbonyl (C=O) groups excluding carboxylic acids is 1. The molecular weight excluding hydrogens is 456 g/mol. The van der Waals surface area contributed by atoms with Crippen molar-refractivity contribution in [2.24, 2.45) is 5.92 Å². The Morgan fingerprint density at radius 2 is 2.00 bits per heavy atom. The number of ketones is 1. The summed E-state index contributed by atoms with van der Waals surface area (Å²) in [6.07, 6.45) is 1.29. The Morgan fingerprint density at radius 3 is 2.57 bits per heavy atom. The Balaban J connectivity index is 1.62. The van der Waals surface area contributed by atoms with E-state index in [1.54, 1.807) is 19.1 Å². The number of nitrogens with zero attached hydrogens (tertiary/aromatic N) is 4. The van der Waals surface area contributed by atoms with Gasteiger partial charge in [-0.2, -0.15) is 5.26 Å². The van der Waals surface area contributed by atoms with Crippen LogP contribution < -0.4 is 10.2 Å². The lowest BCUT2D eigenvalue weighted by molar-refractivity contribution is -0.135. The molecule has 4 rings (SSSR count). The van der Waals surface area contributed by atoms with Gasteiger partial charge in [0.2, 0.25) is 0 Å². The first kappa shape index (κ1) is 24.5. The fourth-order valence-electron chi connectivity index (χ4n) is 5.45. The van der Waals surface area contributed by atoms with Crippen LogP contribution in [0.25, 0.3) is 0 Å². The number of halogens is 2. The quantitative estimate of drug-likeness (QED) is 0.650. The monoisotopic (exact) mass is 483 g/mol. The highest BCUT2D eigenvalue weighted by Crippen LogP contribution is 2.41. The molecule has 1 aromatic heterocycles. The number of likely N-dealkylation sites (N-methyl/N-ethyl adjacent to an activating group) is 1. The fraction of sp³-hybridized carbons (Fsp3) is 0.440. The van der Waals surface area contributed by atoms with Crippen LogP contribution >= 0.6 is 0 Å². The van der Waals surface area contributed by atoms with Crippen molar-refractivity contribution >= 4 is 17.7 Å². The van der Waals surface area contributed by atoms with E-state index in [1.807, 2.05) is 11.0 Å². The molecule has 2 atom stereocenters. The van der Waals surface area contributed by atoms with Crippen LogP contribution in [0.2, 0.25) is 0 Å². The van der Waals surface area contributed by atoms with Crippen LogP contribution in [-0.2, 0) is 4.79 Å². The third-order valence-corrected chi connectivity index (χ3v) is 7.19. The van der Waals surface area contributed by atoms with E-state index in [9.17, 15) is 23.5 Å². The van der Waals surface area contributed by atoms with Crippen molar-refractivity contribution in [2.75, 3.05) is 37.6 Å². The SMILES string of the molecule is CCN(C(=O)O)[C@]1(C(=O)C2CCN(c3ccc(C#N)cn3)CC2)CNC[C@H]1c1ccc(F)c(F)c1. The van der Waals surface area contributed by atoms with Gasteiger partial charge in [-0.3, -0.25) is 9.69 Å². The number of nitrogens with one attached hydrogen (secondary N) is 1. The van der Waals surface area contributed by atoms with Crippen LogP contribution in [0.5, 0.6) is 0 Å². The maximum atomic E-state index is 14.1. The summed E-state index contributed by atoms with van der Waals surface area (Å²) in [6.45, 7) is 3.23. The molecule has 2 aromatic rings. The molecule has 0 aliphatic carbocycles. The number of nitriles is 1. The molecule has 35 heavy (non-hydrogen) atoms. The lowest BCUT2D eigenvalue weighted by Crippen LogP contribution is -2.63. The van der Waals surface area contributed by atoms with Crippen LogP contribution in [0.4, 0.5) is 19.4 Å². The van der Waals surface area contributed by atoms with E-state index in [4.69, 9.17) is 5.26 Å². The normalized spacial score (nSPS) is 22.6. The fourth-order valence-corrected chi connectivity index (χ4v) is 5.45. The molecule has 2 fully saturated rings. The molecule has 2 N–H and O–H groups in total. The van der Waals surface area contributed by atoms with Crippen LogP contribution in [-0.4, -0.2) is 65.1 Å². The molecule has 2 aliphatic rings. The number of rotatable bonds is 6. The molecule has 10 heteroatoms. The number of Topliss-reactive ketones (excluding diaryl/α,β-unsaturated/α-hetero) is 1. The van der Waals surface area contributed by atoms with Gasteiger partial charge < -0.3 is 15.3 Å². The number of hydrogen-bond acceptors (Lipinski definition) is 6. The average Bonchev–Trinajstić information content (AvgIpc) is 3.31. The zero-order chi connectivity index (χ0) is 25.2. The lowest BCUT2D eigenvalue weighted by Gasteiger charge is -2.45. The second-order valence-electron chi connectivity index (χ2n) is 8.95. The maximum absolute atomic E-state index is 14.1. The van der Waals surface area contributed by atoms with Crippen molar-refractivity contribution in [3.05, 3.63) is 59.3 Å². The highest BCUT2D eigenvalue weighted by Gasteiger charge is 2.56. The van der Waals surface area contributed by atoms with Crippen LogP contribution in [0.1, 0.15) is 36.8 Å². The van der Waals surface area contributed by atoms with Gasteiger partial charge in [0.15, 0.2) is 17.4 Å². The van der Waals surface area contributed by atoms with Crippen molar-refractivity contribution < 1.29 is 23.5 Å². The number of pyridine rings is 1. The topological polar surface area (TPSA) is 110 Å². The summed E-state index contributed by atoms with van der Waals surface area (Å²) in [4.78, 5) is 33.9. The Labute approximate surface area is 202 Å². The third kappa shape index (κ3) is 4.44. The van der Waals surface area contributed by atoms with Crippen molar-refractivity contribution in [3.8, 4) is 6.07 Å². The number of anilines is 1. The highest BCUT2D eigenvalue weighted by molar-refractivity contribution is 5.95. The minimum Gasteiger partial charge on any atom is -0.465 e. The van der Waals surface area contributed by atoms with Crippen molar-refractivity contribution in [1.82, 2.24) is 15.2 Å². The first-order valence-electron chi connectivity index (χ1n) is 11.6. The molecule has 0 bridgehead atoms. The molecule has 0 unspecified atom stereocenters. The number of amides is 1. The summed E-state index contributed by atoms with van der Waals surface area (Å²) in [6, 6.07) is 8.99. The molecule has 3 heterocycles. The summed E-state index contributed by atoms with van der Waals surface area (Å²) < 4.78 is 27.7. The zero-order valence-corrected chi connectivity index (χ0v) is 19.4. The van der Waals surface area contributed by atoms with Crippen LogP contribution in [0, 0.1) is 28.9 Å². The van der Waals surface area contributed by atoms with Gasteiger partial charge in [-0.05, 0) is 49.6 Å². The number of piperidine rings is 1. The summed E-state index contributed by atoms with van der Waals surface area (Å²) >= 11 is 0. The summed E-state index contributed by atoms with van der Waals surface area (Å²) in [5.41, 5.74) is -0.572. The standard InChI is InChI=1S/C25H27F2N5O3/c1-2-32(24(34)35)25(15-29-14-19(25)18-4-5-20(26)21(27)11-18)23(33)17-7-9-31(10-8-17)22-6-3-16(12-28)13-30-22/h3-6,11,13,17,19,29H,2,7-10,14-15H2,1H3,(H,34,35)/t19-,25+/m0/s1. The maximum Gasteiger partial charge on any atom is 0.408 e. The van der Waals surface area contributed by atoms with E-state index in [-0.39, 0.29) is 25.4 Å². The van der Waals surface area contributed by atoms with Crippen LogP contribution in [0.15, 0.2) is 36.5 Å². The predicted octanol–water partition coefficient (Wildman–Crippen LogP) is 3.14. The summed E-state index contributed by atoms with van der Waals surface area (Å²) in [5, 5.41) is 22.1.